The van der Waals surface area contributed by atoms with Crippen LogP contribution in [0.25, 0.3) is 17.0 Å². The molecule has 0 saturated carbocycles. The summed E-state index contributed by atoms with van der Waals surface area (Å²) in [5.74, 6) is 0.793. The Kier molecular flexibility index (Phi) is 7.27. The highest BCUT2D eigenvalue weighted by Crippen LogP contribution is 2.39. The number of carboxylic acids is 1. The van der Waals surface area contributed by atoms with Gasteiger partial charge >= 0.3 is 5.97 Å². The van der Waals surface area contributed by atoms with Gasteiger partial charge in [-0.2, -0.15) is 9.61 Å². The van der Waals surface area contributed by atoms with Crippen LogP contribution >= 0.6 is 0 Å². The molecule has 1 atom stereocenters. The minimum absolute atomic E-state index is 0.213. The Morgan fingerprint density at radius 2 is 1.70 bits per heavy atom. The number of rotatable bonds is 7. The first kappa shape index (κ1) is 27.6. The van der Waals surface area contributed by atoms with Crippen LogP contribution in [0.15, 0.2) is 54.6 Å². The summed E-state index contributed by atoms with van der Waals surface area (Å²) in [4.78, 5) is 24.3. The lowest BCUT2D eigenvalue weighted by Gasteiger charge is -2.39. The van der Waals surface area contributed by atoms with E-state index < -0.39 is 17.7 Å². The number of carbonyl (C=O) groups is 1. The number of carboxylic acid groups (broad SMARTS) is 1. The summed E-state index contributed by atoms with van der Waals surface area (Å²) in [6, 6.07) is 16.9. The quantitative estimate of drug-likeness (QED) is 0.283. The van der Waals surface area contributed by atoms with Gasteiger partial charge in [0.2, 0.25) is 5.88 Å². The molecule has 1 saturated heterocycles. The van der Waals surface area contributed by atoms with Crippen LogP contribution < -0.4 is 9.64 Å². The van der Waals surface area contributed by atoms with Gasteiger partial charge in [0.15, 0.2) is 11.8 Å². The van der Waals surface area contributed by atoms with Crippen molar-refractivity contribution >= 4 is 17.4 Å². The third-order valence-electron chi connectivity index (χ3n) is 7.13. The second kappa shape index (κ2) is 10.5. The molecule has 1 aromatic carbocycles. The zero-order chi connectivity index (χ0) is 28.7. The summed E-state index contributed by atoms with van der Waals surface area (Å²) in [6.07, 6.45) is 0.749. The number of para-hydroxylation sites is 1. The SMILES string of the molecule is Cc1nc2cc(-c3cccc(Oc4ccccc4)n3)nn2c(N2CCC(C)(C)CC2)c1[C@H](OC(C)(C)C)C(=O)O. The van der Waals surface area contributed by atoms with E-state index >= 15 is 0 Å². The van der Waals surface area contributed by atoms with Crippen LogP contribution in [0.3, 0.4) is 0 Å². The first-order valence-corrected chi connectivity index (χ1v) is 13.7. The fraction of sp³-hybridized carbons (Fsp3) is 0.419. The molecular formula is C31H37N5O4. The number of fused-ring (bicyclic) bond motifs is 1. The molecule has 1 aliphatic rings. The van der Waals surface area contributed by atoms with Crippen molar-refractivity contribution in [1.29, 1.82) is 0 Å². The second-order valence-electron chi connectivity index (χ2n) is 12.1. The maximum absolute atomic E-state index is 12.6. The zero-order valence-electron chi connectivity index (χ0n) is 24.0. The number of ether oxygens (including phenoxy) is 2. The van der Waals surface area contributed by atoms with E-state index in [4.69, 9.17) is 24.5 Å². The summed E-state index contributed by atoms with van der Waals surface area (Å²) in [7, 11) is 0. The topological polar surface area (TPSA) is 102 Å². The largest absolute Gasteiger partial charge is 0.479 e. The Morgan fingerprint density at radius 3 is 2.35 bits per heavy atom. The van der Waals surface area contributed by atoms with Gasteiger partial charge in [-0.15, -0.1) is 0 Å². The van der Waals surface area contributed by atoms with E-state index in [1.54, 1.807) is 10.6 Å². The maximum atomic E-state index is 12.6. The number of pyridine rings is 1. The van der Waals surface area contributed by atoms with E-state index in [1.807, 2.05) is 76.2 Å². The van der Waals surface area contributed by atoms with Crippen molar-refractivity contribution in [2.45, 2.75) is 66.1 Å². The Hall–Kier alpha value is -3.98. The maximum Gasteiger partial charge on any atom is 0.337 e. The monoisotopic (exact) mass is 543 g/mol. The summed E-state index contributed by atoms with van der Waals surface area (Å²) < 4.78 is 13.8. The van der Waals surface area contributed by atoms with Crippen molar-refractivity contribution in [2.75, 3.05) is 18.0 Å². The van der Waals surface area contributed by atoms with Gasteiger partial charge in [-0.25, -0.2) is 14.8 Å². The normalized spacial score (nSPS) is 16.2. The standard InChI is InChI=1S/C31H37N5O4/c1-20-26(27(29(37)38)40-30(2,3)4)28(35-17-15-31(5,6)16-18-35)36-24(32-20)19-23(34-36)22-13-10-14-25(33-22)39-21-11-8-7-9-12-21/h7-14,19,27H,15-18H2,1-6H3,(H,37,38)/t27-/m0/s1. The van der Waals surface area contributed by atoms with Crippen molar-refractivity contribution in [3.63, 3.8) is 0 Å². The molecular weight excluding hydrogens is 506 g/mol. The lowest BCUT2D eigenvalue weighted by molar-refractivity contribution is -0.160. The molecule has 9 nitrogen and oxygen atoms in total. The molecule has 4 heterocycles. The van der Waals surface area contributed by atoms with Crippen LogP contribution in [-0.2, 0) is 9.53 Å². The summed E-state index contributed by atoms with van der Waals surface area (Å²) in [5, 5.41) is 15.2. The highest BCUT2D eigenvalue weighted by Gasteiger charge is 2.36. The predicted molar refractivity (Wildman–Crippen MR) is 154 cm³/mol. The van der Waals surface area contributed by atoms with Crippen LogP contribution in [0.4, 0.5) is 5.82 Å². The van der Waals surface area contributed by atoms with E-state index in [2.05, 4.69) is 18.7 Å². The van der Waals surface area contributed by atoms with Crippen LogP contribution in [0.2, 0.25) is 0 Å². The van der Waals surface area contributed by atoms with Gasteiger partial charge in [0.1, 0.15) is 17.3 Å². The molecule has 0 amide bonds. The van der Waals surface area contributed by atoms with Crippen molar-refractivity contribution in [2.24, 2.45) is 5.41 Å². The molecule has 9 heteroatoms. The second-order valence-corrected chi connectivity index (χ2v) is 12.1. The molecule has 5 rings (SSSR count). The molecule has 210 valence electrons. The number of hydrogen-bond donors (Lipinski definition) is 1. The summed E-state index contributed by atoms with van der Waals surface area (Å²) in [6.45, 7) is 13.5. The number of nitrogens with zero attached hydrogens (tertiary/aromatic N) is 5. The van der Waals surface area contributed by atoms with Gasteiger partial charge in [-0.3, -0.25) is 0 Å². The van der Waals surface area contributed by atoms with Gasteiger partial charge in [0.25, 0.3) is 0 Å². The summed E-state index contributed by atoms with van der Waals surface area (Å²) >= 11 is 0. The average molecular weight is 544 g/mol. The molecule has 1 N–H and O–H groups in total. The van der Waals surface area contributed by atoms with E-state index in [1.165, 1.54) is 0 Å². The zero-order valence-corrected chi connectivity index (χ0v) is 24.0. The number of hydrogen-bond acceptors (Lipinski definition) is 7. The third-order valence-corrected chi connectivity index (χ3v) is 7.13. The van der Waals surface area contributed by atoms with Gasteiger partial charge in [0.05, 0.1) is 16.9 Å². The molecule has 1 fully saturated rings. The molecule has 0 unspecified atom stereocenters. The third kappa shape index (κ3) is 5.94. The van der Waals surface area contributed by atoms with Gasteiger partial charge in [-0.05, 0) is 64.2 Å². The molecule has 0 bridgehead atoms. The highest BCUT2D eigenvalue weighted by atomic mass is 16.5. The molecule has 0 aliphatic carbocycles. The van der Waals surface area contributed by atoms with Gasteiger partial charge < -0.3 is 19.5 Å². The molecule has 40 heavy (non-hydrogen) atoms. The number of aromatic nitrogens is 4. The Morgan fingerprint density at radius 1 is 1.00 bits per heavy atom. The first-order chi connectivity index (χ1) is 18.9. The number of aryl methyl sites for hydroxylation is 1. The lowest BCUT2D eigenvalue weighted by Crippen LogP contribution is -2.40. The van der Waals surface area contributed by atoms with E-state index in [9.17, 15) is 9.90 Å². The molecule has 0 radical (unpaired) electrons. The van der Waals surface area contributed by atoms with Crippen LogP contribution in [0.5, 0.6) is 11.6 Å². The molecule has 4 aromatic rings. The van der Waals surface area contributed by atoms with Crippen molar-refractivity contribution in [3.05, 3.63) is 65.9 Å². The van der Waals surface area contributed by atoms with Crippen molar-refractivity contribution in [1.82, 2.24) is 19.6 Å². The summed E-state index contributed by atoms with van der Waals surface area (Å²) in [5.41, 5.74) is 2.53. The Bertz CT molecular complexity index is 1510. The van der Waals surface area contributed by atoms with E-state index in [0.717, 1.165) is 25.9 Å². The number of benzene rings is 1. The molecule has 1 aliphatic heterocycles. The molecule has 3 aromatic heterocycles. The average Bonchev–Trinajstić information content (AvgIpc) is 3.31. The number of piperidine rings is 1. The number of anilines is 1. The fourth-order valence-corrected chi connectivity index (χ4v) is 4.98. The smallest absolute Gasteiger partial charge is 0.337 e. The predicted octanol–water partition coefficient (Wildman–Crippen LogP) is 6.46. The number of aliphatic carboxylic acids is 1. The van der Waals surface area contributed by atoms with Crippen LogP contribution in [0.1, 0.15) is 64.8 Å². The minimum atomic E-state index is -1.20. The van der Waals surface area contributed by atoms with Crippen molar-refractivity contribution < 1.29 is 19.4 Å². The van der Waals surface area contributed by atoms with Gasteiger partial charge in [-0.1, -0.05) is 38.1 Å². The minimum Gasteiger partial charge on any atom is -0.479 e. The highest BCUT2D eigenvalue weighted by molar-refractivity contribution is 5.78. The van der Waals surface area contributed by atoms with Crippen LogP contribution in [-0.4, -0.2) is 49.3 Å². The fourth-order valence-electron chi connectivity index (χ4n) is 4.98. The molecule has 0 spiro atoms. The Labute approximate surface area is 234 Å². The van der Waals surface area contributed by atoms with Crippen LogP contribution in [0, 0.1) is 12.3 Å². The van der Waals surface area contributed by atoms with E-state index in [0.29, 0.717) is 45.7 Å². The first-order valence-electron chi connectivity index (χ1n) is 13.7. The van der Waals surface area contributed by atoms with Crippen molar-refractivity contribution in [3.8, 4) is 23.0 Å². The lowest BCUT2D eigenvalue weighted by atomic mass is 9.82. The van der Waals surface area contributed by atoms with Gasteiger partial charge in [0, 0.05) is 30.9 Å². The Balaban J connectivity index is 1.63. The van der Waals surface area contributed by atoms with E-state index in [-0.39, 0.29) is 5.41 Å².